The summed E-state index contributed by atoms with van der Waals surface area (Å²) in [4.78, 5) is 62.5. The summed E-state index contributed by atoms with van der Waals surface area (Å²) in [6.07, 6.45) is 25.2. The summed E-state index contributed by atoms with van der Waals surface area (Å²) >= 11 is 19.0. The van der Waals surface area contributed by atoms with Gasteiger partial charge in [0.25, 0.3) is 0 Å². The molecule has 0 aliphatic carbocycles. The van der Waals surface area contributed by atoms with Crippen molar-refractivity contribution >= 4 is 145 Å². The third kappa shape index (κ3) is 73.7. The van der Waals surface area contributed by atoms with E-state index in [1.807, 2.05) is 0 Å². The fraction of sp³-hybridized carbons (Fsp3) is 0.875. The average Bonchev–Trinajstić information content (AvgIpc) is 3.23. The maximum Gasteiger partial charge on any atom is 0.0445 e. The van der Waals surface area contributed by atoms with Crippen LogP contribution in [0.15, 0.2) is 0 Å². The van der Waals surface area contributed by atoms with Crippen molar-refractivity contribution < 1.29 is 49.2 Å². The number of carboxylic acids is 4. The maximum atomic E-state index is 10.6. The van der Waals surface area contributed by atoms with Gasteiger partial charge in [-0.05, 0) is 98.0 Å². The Hall–Kier alpha value is 0.567. The molecule has 0 bridgehead atoms. The van der Waals surface area contributed by atoms with Crippen molar-refractivity contribution in [2.24, 2.45) is 23.7 Å². The quantitative estimate of drug-likeness (QED) is 0.0275. The molecule has 0 aromatic heterocycles. The molecule has 0 rings (SSSR count). The van der Waals surface area contributed by atoms with Gasteiger partial charge in [-0.1, -0.05) is 130 Å². The molecule has 65 heavy (non-hydrogen) atoms. The summed E-state index contributed by atoms with van der Waals surface area (Å²) in [7, 11) is 0. The van der Waals surface area contributed by atoms with Gasteiger partial charge < -0.3 is 53.1 Å². The number of ketones is 2. The van der Waals surface area contributed by atoms with Crippen LogP contribution >= 0.6 is 50.5 Å². The molecule has 0 aliphatic heterocycles. The Morgan fingerprint density at radius 2 is 0.554 bits per heavy atom. The van der Waals surface area contributed by atoms with Crippen LogP contribution in [0.5, 0.6) is 0 Å². The van der Waals surface area contributed by atoms with Crippen LogP contribution in [0.1, 0.15) is 208 Å². The van der Waals surface area contributed by atoms with Gasteiger partial charge in [-0.2, -0.15) is 50.5 Å². The van der Waals surface area contributed by atoms with Gasteiger partial charge >= 0.3 is 102 Å². The maximum absolute atomic E-state index is 10.6. The number of hydrogen-bond donors (Lipinski definition) is 4. The van der Waals surface area contributed by atoms with Crippen LogP contribution in [0.2, 0.25) is 8.87 Å². The van der Waals surface area contributed by atoms with Crippen LogP contribution in [-0.2, 0) is 42.3 Å². The number of rotatable bonds is 36. The molecule has 0 fully saturated rings. The normalized spacial score (nSPS) is 11.8. The van der Waals surface area contributed by atoms with E-state index in [1.165, 1.54) is 96.4 Å². The van der Waals surface area contributed by atoms with Gasteiger partial charge in [0.2, 0.25) is 0 Å². The predicted octanol–water partition coefficient (Wildman–Crippen LogP) is 7.67. The summed E-state index contributed by atoms with van der Waals surface area (Å²) in [6.45, 7) is 11.8. The van der Waals surface area contributed by atoms with E-state index in [0.29, 0.717) is 60.3 Å². The molecule has 380 valence electrons. The number of carbonyl (C=O) groups is 6. The van der Waals surface area contributed by atoms with Crippen LogP contribution in [0, 0.1) is 23.7 Å². The molecular weight excluding hydrogens is 1130 g/mol. The van der Waals surface area contributed by atoms with Crippen molar-refractivity contribution in [1.29, 1.82) is 0 Å². The van der Waals surface area contributed by atoms with Crippen LogP contribution in [0.4, 0.5) is 0 Å². The van der Waals surface area contributed by atoms with E-state index in [1.54, 1.807) is 13.8 Å². The predicted molar refractivity (Wildman–Crippen MR) is 282 cm³/mol. The number of thiol groups is 4. The Balaban J connectivity index is -0.000000127. The van der Waals surface area contributed by atoms with Gasteiger partial charge in [0.15, 0.2) is 0 Å². The molecule has 0 heterocycles. The fourth-order valence-corrected chi connectivity index (χ4v) is 9.02. The third-order valence-electron chi connectivity index (χ3n) is 9.82. The van der Waals surface area contributed by atoms with Crippen LogP contribution < -0.4 is 20.4 Å². The molecule has 0 aliphatic rings. The first-order chi connectivity index (χ1) is 30.4. The molecule has 0 aromatic rings. The Labute approximate surface area is 453 Å². The van der Waals surface area contributed by atoms with Crippen molar-refractivity contribution in [3.05, 3.63) is 0 Å². The number of carbonyl (C=O) groups excluding carboxylic acids is 6. The van der Waals surface area contributed by atoms with Crippen molar-refractivity contribution in [3.8, 4) is 0 Å². The molecule has 0 radical (unpaired) electrons. The topological polar surface area (TPSA) is 195 Å². The molecule has 17 heteroatoms. The minimum absolute atomic E-state index is 0. The second-order valence-corrected chi connectivity index (χ2v) is 20.6. The first kappa shape index (κ1) is 79.7. The Kier molecular flexibility index (Phi) is 81.7. The van der Waals surface area contributed by atoms with Crippen molar-refractivity contribution in [2.75, 3.05) is 23.0 Å². The van der Waals surface area contributed by atoms with E-state index in [2.05, 4.69) is 78.2 Å². The average molecular weight is 1220 g/mol. The second kappa shape index (κ2) is 66.6. The Morgan fingerprint density at radius 1 is 0.369 bits per heavy atom. The SMILES string of the molecule is CC(=O)C[CH2][Sn+3].CC(=O)C[CH2][Sn+3].CCCCCCC(CCS)C(=O)[O-].CCCCCCC(CCS)C(=O)[O-].CCCCCCC(CCS)C(=O)[O-].CCCCCCC(CCS)C(=O)[O-].[S-2]. The smallest absolute Gasteiger partial charge is 0.0445 e. The number of unbranched alkanes of at least 4 members (excludes halogenated alkanes) is 12. The molecule has 0 N–H and O–H groups in total. The van der Waals surface area contributed by atoms with E-state index in [9.17, 15) is 49.2 Å². The molecule has 4 unspecified atom stereocenters. The molecular formula is C48H90O10S5Sn2. The first-order valence-corrected chi connectivity index (χ1v) is 30.5. The van der Waals surface area contributed by atoms with Gasteiger partial charge in [0, 0.05) is 23.9 Å². The minimum atomic E-state index is -0.912. The largest absolute Gasteiger partial charge is 2.00 e. The number of hydrogen-bond acceptors (Lipinski definition) is 14. The van der Waals surface area contributed by atoms with Crippen LogP contribution in [0.25, 0.3) is 0 Å². The number of aliphatic carboxylic acids is 4. The zero-order chi connectivity index (χ0) is 50.4. The van der Waals surface area contributed by atoms with Gasteiger partial charge in [-0.3, -0.25) is 0 Å². The van der Waals surface area contributed by atoms with Crippen LogP contribution in [0.3, 0.4) is 0 Å². The first-order valence-electron chi connectivity index (χ1n) is 24.0. The van der Waals surface area contributed by atoms with E-state index >= 15 is 0 Å². The van der Waals surface area contributed by atoms with Gasteiger partial charge in [-0.15, -0.1) is 0 Å². The summed E-state index contributed by atoms with van der Waals surface area (Å²) in [5, 5.41) is 42.4. The zero-order valence-electron chi connectivity index (χ0n) is 41.2. The van der Waals surface area contributed by atoms with Crippen molar-refractivity contribution in [3.63, 3.8) is 0 Å². The Bertz CT molecular complexity index is 920. The standard InChI is InChI=1S/4C10H20O2S.2C4H7O.S.2Sn/c4*1-2-3-4-5-6-9(7-8-13)10(11)12;2*1-3-4(2)5;;;/h4*9,13H,2-8H2,1H3,(H,11,12);2*1,3H2,2H3;;;/q;;;;;;-2;2*+3/p-4. The Morgan fingerprint density at radius 3 is 0.646 bits per heavy atom. The second-order valence-electron chi connectivity index (χ2n) is 15.9. The molecule has 0 amide bonds. The van der Waals surface area contributed by atoms with E-state index in [4.69, 9.17) is 0 Å². The molecule has 4 atom stereocenters. The molecule has 0 aromatic carbocycles. The molecule has 10 nitrogen and oxygen atoms in total. The summed E-state index contributed by atoms with van der Waals surface area (Å²) in [5.41, 5.74) is 0. The zero-order valence-corrected chi connectivity index (χ0v) is 51.3. The number of carboxylic acid groups (broad SMARTS) is 4. The van der Waals surface area contributed by atoms with Crippen LogP contribution in [-0.4, -0.2) is 104 Å². The molecule has 0 spiro atoms. The van der Waals surface area contributed by atoms with Gasteiger partial charge in [0.05, 0.1) is 0 Å². The fourth-order valence-electron chi connectivity index (χ4n) is 5.77. The van der Waals surface area contributed by atoms with Crippen molar-refractivity contribution in [1.82, 2.24) is 0 Å². The van der Waals surface area contributed by atoms with Gasteiger partial charge in [-0.25, -0.2) is 0 Å². The summed E-state index contributed by atoms with van der Waals surface area (Å²) in [5.74, 6) is -1.63. The minimum Gasteiger partial charge on any atom is -2.00 e. The summed E-state index contributed by atoms with van der Waals surface area (Å²) < 4.78 is 2.14. The third-order valence-corrected chi connectivity index (χ3v) is 12.3. The van der Waals surface area contributed by atoms with E-state index < -0.39 is 23.9 Å². The molecule has 0 saturated heterocycles. The van der Waals surface area contributed by atoms with Gasteiger partial charge in [0.1, 0.15) is 0 Å². The molecule has 0 saturated carbocycles. The van der Waals surface area contributed by atoms with E-state index in [0.717, 1.165) is 98.8 Å². The number of Topliss-reactive ketones (excluding diaryl/α,β-unsaturated/α-hetero) is 2. The summed E-state index contributed by atoms with van der Waals surface area (Å²) in [6, 6.07) is 0. The van der Waals surface area contributed by atoms with E-state index in [-0.39, 0.29) is 37.2 Å². The van der Waals surface area contributed by atoms with Crippen molar-refractivity contribution in [2.45, 2.75) is 217 Å². The monoisotopic (exact) mass is 1230 g/mol.